The standard InChI is InChI=1S/C6H5N3.2H3O4P/c1-2-4-9-6(3-1)5-7-8-9;2*1-5(2,3)4/h1-5H;2*(H3,1,2,3,4). The van der Waals surface area contributed by atoms with Crippen molar-refractivity contribution in [3.05, 3.63) is 30.6 Å². The Hall–Kier alpha value is -1.16. The summed E-state index contributed by atoms with van der Waals surface area (Å²) in [5.41, 5.74) is 1.03. The first-order chi connectivity index (χ1) is 8.47. The van der Waals surface area contributed by atoms with E-state index in [9.17, 15) is 0 Å². The molecule has 0 aliphatic heterocycles. The van der Waals surface area contributed by atoms with Gasteiger partial charge in [0.1, 0.15) is 0 Å². The van der Waals surface area contributed by atoms with Crippen molar-refractivity contribution in [1.29, 1.82) is 0 Å². The van der Waals surface area contributed by atoms with E-state index in [1.165, 1.54) is 0 Å². The molecule has 11 nitrogen and oxygen atoms in total. The lowest BCUT2D eigenvalue weighted by molar-refractivity contribution is 0.272. The summed E-state index contributed by atoms with van der Waals surface area (Å²) in [4.78, 5) is 43.1. The van der Waals surface area contributed by atoms with Crippen LogP contribution >= 0.6 is 15.6 Å². The Morgan fingerprint density at radius 2 is 1.42 bits per heavy atom. The molecule has 0 aromatic carbocycles. The lowest BCUT2D eigenvalue weighted by atomic mass is 10.4. The van der Waals surface area contributed by atoms with E-state index in [0.29, 0.717) is 0 Å². The summed E-state index contributed by atoms with van der Waals surface area (Å²) in [5.74, 6) is 0. The lowest BCUT2D eigenvalue weighted by Gasteiger charge is -1.84. The Bertz CT molecular complexity index is 522. The van der Waals surface area contributed by atoms with Crippen molar-refractivity contribution in [2.24, 2.45) is 0 Å². The number of pyridine rings is 1. The molecule has 0 aliphatic rings. The minimum Gasteiger partial charge on any atom is -0.303 e. The first-order valence-corrected chi connectivity index (χ1v) is 7.41. The first kappa shape index (κ1) is 17.8. The highest BCUT2D eigenvalue weighted by Gasteiger charge is 2.00. The summed E-state index contributed by atoms with van der Waals surface area (Å²) in [5, 5.41) is 7.50. The summed E-state index contributed by atoms with van der Waals surface area (Å²) in [7, 11) is -9.28. The van der Waals surface area contributed by atoms with Crippen LogP contribution in [0.2, 0.25) is 0 Å². The fourth-order valence-electron chi connectivity index (χ4n) is 0.772. The van der Waals surface area contributed by atoms with E-state index in [2.05, 4.69) is 10.3 Å². The van der Waals surface area contributed by atoms with Gasteiger partial charge in [-0.3, -0.25) is 0 Å². The number of nitrogens with zero attached hydrogens (tertiary/aromatic N) is 3. The molecule has 0 fully saturated rings. The average molecular weight is 315 g/mol. The molecule has 0 atom stereocenters. The highest BCUT2D eigenvalue weighted by Crippen LogP contribution is 2.26. The maximum Gasteiger partial charge on any atom is 0.466 e. The van der Waals surface area contributed by atoms with Crippen molar-refractivity contribution in [3.8, 4) is 0 Å². The first-order valence-electron chi connectivity index (χ1n) is 4.28. The van der Waals surface area contributed by atoms with Crippen molar-refractivity contribution in [2.75, 3.05) is 0 Å². The smallest absolute Gasteiger partial charge is 0.303 e. The number of hydrogen-bond acceptors (Lipinski definition) is 4. The third-order valence-corrected chi connectivity index (χ3v) is 1.21. The van der Waals surface area contributed by atoms with Crippen molar-refractivity contribution >= 4 is 21.2 Å². The third kappa shape index (κ3) is 14.8. The Morgan fingerprint density at radius 1 is 0.947 bits per heavy atom. The number of hydrogen-bond donors (Lipinski definition) is 6. The number of aromatic nitrogens is 3. The van der Waals surface area contributed by atoms with Gasteiger partial charge in [-0.05, 0) is 12.1 Å². The van der Waals surface area contributed by atoms with Gasteiger partial charge in [0, 0.05) is 6.20 Å². The maximum absolute atomic E-state index is 8.88. The van der Waals surface area contributed by atoms with Gasteiger partial charge in [0.05, 0.1) is 11.7 Å². The summed E-state index contributed by atoms with van der Waals surface area (Å²) in [6.45, 7) is 0. The molecule has 6 N–H and O–H groups in total. The van der Waals surface area contributed by atoms with E-state index in [1.807, 2.05) is 24.4 Å². The van der Waals surface area contributed by atoms with Gasteiger partial charge in [0.25, 0.3) is 0 Å². The molecular weight excluding hydrogens is 304 g/mol. The van der Waals surface area contributed by atoms with Gasteiger partial charge < -0.3 is 29.4 Å². The summed E-state index contributed by atoms with van der Waals surface area (Å²) >= 11 is 0. The van der Waals surface area contributed by atoms with Gasteiger partial charge in [-0.15, -0.1) is 5.10 Å². The minimum absolute atomic E-state index is 1.03. The zero-order valence-corrected chi connectivity index (χ0v) is 10.9. The Morgan fingerprint density at radius 3 is 1.84 bits per heavy atom. The van der Waals surface area contributed by atoms with Crippen molar-refractivity contribution in [1.82, 2.24) is 14.8 Å². The molecule has 2 aromatic rings. The van der Waals surface area contributed by atoms with E-state index in [0.717, 1.165) is 5.52 Å². The molecular formula is C6H11N3O8P2. The maximum atomic E-state index is 8.88. The average Bonchev–Trinajstić information content (AvgIpc) is 2.59. The van der Waals surface area contributed by atoms with Crippen molar-refractivity contribution in [2.45, 2.75) is 0 Å². The van der Waals surface area contributed by atoms with E-state index >= 15 is 0 Å². The highest BCUT2D eigenvalue weighted by atomic mass is 31.2. The molecule has 0 unspecified atom stereocenters. The van der Waals surface area contributed by atoms with Crippen LogP contribution < -0.4 is 0 Å². The van der Waals surface area contributed by atoms with Crippen LogP contribution in [0.1, 0.15) is 0 Å². The van der Waals surface area contributed by atoms with Gasteiger partial charge in [-0.1, -0.05) is 11.3 Å². The minimum atomic E-state index is -4.64. The number of fused-ring (bicyclic) bond motifs is 1. The Kier molecular flexibility index (Phi) is 6.98. The predicted molar refractivity (Wildman–Crippen MR) is 61.5 cm³/mol. The monoisotopic (exact) mass is 315 g/mol. The largest absolute Gasteiger partial charge is 0.466 e. The summed E-state index contributed by atoms with van der Waals surface area (Å²) in [6.07, 6.45) is 3.59. The predicted octanol–water partition coefficient (Wildman–Crippen LogP) is -1.13. The summed E-state index contributed by atoms with van der Waals surface area (Å²) < 4.78 is 19.5. The van der Waals surface area contributed by atoms with E-state index < -0.39 is 15.6 Å². The van der Waals surface area contributed by atoms with Gasteiger partial charge >= 0.3 is 15.6 Å². The second-order valence-corrected chi connectivity index (χ2v) is 4.88. The number of rotatable bonds is 0. The SMILES string of the molecule is O=P(O)(O)O.O=P(O)(O)O.c1ccn2nncc2c1. The van der Waals surface area contributed by atoms with Crippen LogP contribution in [-0.4, -0.2) is 44.2 Å². The fourth-order valence-corrected chi connectivity index (χ4v) is 0.772. The van der Waals surface area contributed by atoms with E-state index in [4.69, 9.17) is 38.5 Å². The molecule has 0 amide bonds. The molecule has 0 radical (unpaired) electrons. The van der Waals surface area contributed by atoms with E-state index in [-0.39, 0.29) is 0 Å². The molecule has 0 bridgehead atoms. The topological polar surface area (TPSA) is 186 Å². The van der Waals surface area contributed by atoms with E-state index in [1.54, 1.807) is 10.7 Å². The molecule has 0 aliphatic carbocycles. The van der Waals surface area contributed by atoms with Gasteiger partial charge in [-0.25, -0.2) is 13.6 Å². The number of phosphoric acid groups is 2. The lowest BCUT2D eigenvalue weighted by Crippen LogP contribution is -1.82. The van der Waals surface area contributed by atoms with Crippen molar-refractivity contribution in [3.63, 3.8) is 0 Å². The molecule has 108 valence electrons. The molecule has 0 saturated heterocycles. The zero-order chi connectivity index (χ0) is 15.1. The summed E-state index contributed by atoms with van der Waals surface area (Å²) in [6, 6.07) is 5.83. The van der Waals surface area contributed by atoms with Gasteiger partial charge in [-0.2, -0.15) is 0 Å². The quantitative estimate of drug-likeness (QED) is 0.325. The highest BCUT2D eigenvalue weighted by molar-refractivity contribution is 7.45. The molecule has 2 aromatic heterocycles. The third-order valence-electron chi connectivity index (χ3n) is 1.21. The molecule has 2 rings (SSSR count). The second kappa shape index (κ2) is 7.43. The van der Waals surface area contributed by atoms with Crippen molar-refractivity contribution < 1.29 is 38.5 Å². The Labute approximate surface area is 106 Å². The van der Waals surface area contributed by atoms with Crippen LogP contribution in [0.4, 0.5) is 0 Å². The molecule has 13 heteroatoms. The second-order valence-electron chi connectivity index (χ2n) is 2.83. The normalized spacial score (nSPS) is 11.1. The fraction of sp³-hybridized carbons (Fsp3) is 0. The molecule has 0 saturated carbocycles. The zero-order valence-electron chi connectivity index (χ0n) is 9.12. The molecule has 19 heavy (non-hydrogen) atoms. The Balaban J connectivity index is 0.000000283. The van der Waals surface area contributed by atoms with Crippen LogP contribution in [0.3, 0.4) is 0 Å². The van der Waals surface area contributed by atoms with Gasteiger partial charge in [0.15, 0.2) is 0 Å². The molecule has 0 spiro atoms. The van der Waals surface area contributed by atoms with Crippen LogP contribution in [0.5, 0.6) is 0 Å². The van der Waals surface area contributed by atoms with Crippen LogP contribution in [0.15, 0.2) is 30.6 Å². The van der Waals surface area contributed by atoms with Crippen LogP contribution in [0, 0.1) is 0 Å². The van der Waals surface area contributed by atoms with Crippen LogP contribution in [-0.2, 0) is 9.13 Å². The molecule has 2 heterocycles. The van der Waals surface area contributed by atoms with Gasteiger partial charge in [0.2, 0.25) is 0 Å². The van der Waals surface area contributed by atoms with Crippen LogP contribution in [0.25, 0.3) is 5.52 Å².